The summed E-state index contributed by atoms with van der Waals surface area (Å²) in [7, 11) is 3.90. The number of hydrogen-bond acceptors (Lipinski definition) is 2. The molecule has 0 unspecified atom stereocenters. The number of aryl methyl sites for hydroxylation is 1. The maximum absolute atomic E-state index is 12.2. The van der Waals surface area contributed by atoms with E-state index in [2.05, 4.69) is 5.32 Å². The molecule has 4 nitrogen and oxygen atoms in total. The van der Waals surface area contributed by atoms with E-state index >= 15 is 0 Å². The summed E-state index contributed by atoms with van der Waals surface area (Å²) in [4.78, 5) is 14.1. The molecule has 1 saturated heterocycles. The van der Waals surface area contributed by atoms with E-state index < -0.39 is 0 Å². The van der Waals surface area contributed by atoms with E-state index in [-0.39, 0.29) is 5.91 Å². The molecule has 0 saturated carbocycles. The summed E-state index contributed by atoms with van der Waals surface area (Å²) in [5.74, 6) is 0.155. The summed E-state index contributed by atoms with van der Waals surface area (Å²) in [5.41, 5.74) is 0.780. The molecule has 1 amide bonds. The molecule has 1 aromatic heterocycles. The molecule has 0 spiro atoms. The van der Waals surface area contributed by atoms with Crippen LogP contribution in [0.25, 0.3) is 0 Å². The van der Waals surface area contributed by atoms with Crippen LogP contribution in [-0.2, 0) is 7.05 Å². The van der Waals surface area contributed by atoms with E-state index in [1.165, 1.54) is 0 Å². The molecule has 0 radical (unpaired) electrons. The fourth-order valence-corrected chi connectivity index (χ4v) is 2.22. The second-order valence-corrected chi connectivity index (χ2v) is 4.36. The lowest BCUT2D eigenvalue weighted by atomic mass is 10.1. The molecular weight excluding hydrogens is 202 g/mol. The number of piperidine rings is 1. The second kappa shape index (κ2) is 4.70. The van der Waals surface area contributed by atoms with Gasteiger partial charge in [-0.05, 0) is 32.0 Å². The van der Waals surface area contributed by atoms with Gasteiger partial charge in [-0.15, -0.1) is 0 Å². The summed E-state index contributed by atoms with van der Waals surface area (Å²) in [6.45, 7) is 1.71. The minimum Gasteiger partial charge on any atom is -0.347 e. The minimum absolute atomic E-state index is 0.155. The van der Waals surface area contributed by atoms with Crippen molar-refractivity contribution in [1.82, 2.24) is 14.8 Å². The van der Waals surface area contributed by atoms with Crippen LogP contribution < -0.4 is 5.32 Å². The van der Waals surface area contributed by atoms with Crippen LogP contribution in [0.1, 0.15) is 23.3 Å². The lowest BCUT2D eigenvalue weighted by Crippen LogP contribution is -2.44. The van der Waals surface area contributed by atoms with Crippen molar-refractivity contribution in [2.75, 3.05) is 20.1 Å². The highest BCUT2D eigenvalue weighted by Gasteiger charge is 2.23. The molecule has 0 aromatic carbocycles. The Kier molecular flexibility index (Phi) is 3.29. The van der Waals surface area contributed by atoms with Crippen molar-refractivity contribution in [2.24, 2.45) is 7.05 Å². The first-order valence-corrected chi connectivity index (χ1v) is 5.80. The quantitative estimate of drug-likeness (QED) is 0.804. The molecule has 2 rings (SSSR count). The van der Waals surface area contributed by atoms with Crippen LogP contribution in [0.5, 0.6) is 0 Å². The van der Waals surface area contributed by atoms with Gasteiger partial charge < -0.3 is 14.8 Å². The Balaban J connectivity index is 2.00. The van der Waals surface area contributed by atoms with Crippen LogP contribution in [0.3, 0.4) is 0 Å². The normalized spacial score (nSPS) is 17.8. The molecule has 1 N–H and O–H groups in total. The number of hydrogen-bond donors (Lipinski definition) is 1. The van der Waals surface area contributed by atoms with Crippen LogP contribution in [0.2, 0.25) is 0 Å². The van der Waals surface area contributed by atoms with Crippen LogP contribution >= 0.6 is 0 Å². The third kappa shape index (κ3) is 2.11. The molecule has 16 heavy (non-hydrogen) atoms. The Morgan fingerprint density at radius 1 is 1.44 bits per heavy atom. The Bertz CT molecular complexity index is 364. The number of carbonyl (C=O) groups excluding carboxylic acids is 1. The van der Waals surface area contributed by atoms with Crippen molar-refractivity contribution in [2.45, 2.75) is 18.9 Å². The molecule has 4 heteroatoms. The number of rotatable bonds is 2. The summed E-state index contributed by atoms with van der Waals surface area (Å²) >= 11 is 0. The molecule has 1 aliphatic heterocycles. The second-order valence-electron chi connectivity index (χ2n) is 4.36. The first kappa shape index (κ1) is 11.2. The van der Waals surface area contributed by atoms with Crippen molar-refractivity contribution in [3.8, 4) is 0 Å². The third-order valence-electron chi connectivity index (χ3n) is 3.35. The maximum atomic E-state index is 12.2. The lowest BCUT2D eigenvalue weighted by molar-refractivity contribution is 0.0697. The van der Waals surface area contributed by atoms with E-state index in [9.17, 15) is 4.79 Å². The molecule has 0 aliphatic carbocycles. The predicted molar refractivity (Wildman–Crippen MR) is 63.4 cm³/mol. The summed E-state index contributed by atoms with van der Waals surface area (Å²) in [6, 6.07) is 4.36. The standard InChI is InChI=1S/C12H19N3O/c1-13-10-5-8-15(9-6-10)12(16)11-4-3-7-14(11)2/h3-4,7,10,13H,5-6,8-9H2,1-2H3. The SMILES string of the molecule is CNC1CCN(C(=O)c2cccn2C)CC1. The van der Waals surface area contributed by atoms with Gasteiger partial charge in [0.15, 0.2) is 0 Å². The monoisotopic (exact) mass is 221 g/mol. The van der Waals surface area contributed by atoms with Gasteiger partial charge in [0.05, 0.1) is 0 Å². The van der Waals surface area contributed by atoms with Crippen molar-refractivity contribution in [3.05, 3.63) is 24.0 Å². The van der Waals surface area contributed by atoms with E-state index in [1.807, 2.05) is 41.9 Å². The zero-order chi connectivity index (χ0) is 11.5. The fourth-order valence-electron chi connectivity index (χ4n) is 2.22. The van der Waals surface area contributed by atoms with Gasteiger partial charge in [-0.2, -0.15) is 0 Å². The van der Waals surface area contributed by atoms with Gasteiger partial charge >= 0.3 is 0 Å². The molecule has 2 heterocycles. The average Bonchev–Trinajstić information content (AvgIpc) is 2.75. The van der Waals surface area contributed by atoms with E-state index in [0.717, 1.165) is 31.6 Å². The number of nitrogens with zero attached hydrogens (tertiary/aromatic N) is 2. The third-order valence-corrected chi connectivity index (χ3v) is 3.35. The van der Waals surface area contributed by atoms with Crippen LogP contribution in [0.15, 0.2) is 18.3 Å². The number of amides is 1. The highest BCUT2D eigenvalue weighted by atomic mass is 16.2. The Morgan fingerprint density at radius 3 is 2.62 bits per heavy atom. The van der Waals surface area contributed by atoms with Crippen molar-refractivity contribution in [1.29, 1.82) is 0 Å². The molecule has 1 fully saturated rings. The van der Waals surface area contributed by atoms with Gasteiger partial charge in [0.1, 0.15) is 5.69 Å². The van der Waals surface area contributed by atoms with E-state index in [1.54, 1.807) is 0 Å². The van der Waals surface area contributed by atoms with Crippen LogP contribution in [-0.4, -0.2) is 41.6 Å². The highest BCUT2D eigenvalue weighted by Crippen LogP contribution is 2.13. The molecule has 1 aliphatic rings. The lowest BCUT2D eigenvalue weighted by Gasteiger charge is -2.31. The summed E-state index contributed by atoms with van der Waals surface area (Å²) < 4.78 is 1.88. The number of nitrogens with one attached hydrogen (secondary N) is 1. The number of aromatic nitrogens is 1. The van der Waals surface area contributed by atoms with Gasteiger partial charge in [0, 0.05) is 32.4 Å². The zero-order valence-electron chi connectivity index (χ0n) is 9.94. The fraction of sp³-hybridized carbons (Fsp3) is 0.583. The first-order valence-electron chi connectivity index (χ1n) is 5.80. The smallest absolute Gasteiger partial charge is 0.270 e. The Morgan fingerprint density at radius 2 is 2.12 bits per heavy atom. The van der Waals surface area contributed by atoms with Crippen LogP contribution in [0, 0.1) is 0 Å². The summed E-state index contributed by atoms with van der Waals surface area (Å²) in [5, 5.41) is 3.27. The van der Waals surface area contributed by atoms with Crippen molar-refractivity contribution >= 4 is 5.91 Å². The van der Waals surface area contributed by atoms with Gasteiger partial charge in [0.2, 0.25) is 0 Å². The topological polar surface area (TPSA) is 37.3 Å². The van der Waals surface area contributed by atoms with E-state index in [4.69, 9.17) is 0 Å². The van der Waals surface area contributed by atoms with Gasteiger partial charge in [-0.1, -0.05) is 0 Å². The predicted octanol–water partition coefficient (Wildman–Crippen LogP) is 0.849. The van der Waals surface area contributed by atoms with Gasteiger partial charge in [-0.3, -0.25) is 4.79 Å². The molecular formula is C12H19N3O. The van der Waals surface area contributed by atoms with Gasteiger partial charge in [-0.25, -0.2) is 0 Å². The Labute approximate surface area is 96.2 Å². The molecule has 0 bridgehead atoms. The summed E-state index contributed by atoms with van der Waals surface area (Å²) in [6.07, 6.45) is 4.01. The van der Waals surface area contributed by atoms with Gasteiger partial charge in [0.25, 0.3) is 5.91 Å². The van der Waals surface area contributed by atoms with Crippen molar-refractivity contribution in [3.63, 3.8) is 0 Å². The maximum Gasteiger partial charge on any atom is 0.270 e. The highest BCUT2D eigenvalue weighted by molar-refractivity contribution is 5.92. The average molecular weight is 221 g/mol. The van der Waals surface area contributed by atoms with E-state index in [0.29, 0.717) is 6.04 Å². The molecule has 0 atom stereocenters. The largest absolute Gasteiger partial charge is 0.347 e. The van der Waals surface area contributed by atoms with Crippen molar-refractivity contribution < 1.29 is 4.79 Å². The van der Waals surface area contributed by atoms with Crippen LogP contribution in [0.4, 0.5) is 0 Å². The number of likely N-dealkylation sites (tertiary alicyclic amines) is 1. The zero-order valence-corrected chi connectivity index (χ0v) is 9.94. The number of carbonyl (C=O) groups is 1. The molecule has 1 aromatic rings. The minimum atomic E-state index is 0.155. The molecule has 88 valence electrons. The first-order chi connectivity index (χ1) is 7.72. The Hall–Kier alpha value is -1.29.